The van der Waals surface area contributed by atoms with Crippen LogP contribution in [0.25, 0.3) is 0 Å². The number of hydrogen-bond acceptors (Lipinski definition) is 10. The van der Waals surface area contributed by atoms with Gasteiger partial charge in [-0.3, -0.25) is 0 Å². The summed E-state index contributed by atoms with van der Waals surface area (Å²) in [6.07, 6.45) is 7.07. The van der Waals surface area contributed by atoms with E-state index in [1.165, 1.54) is 25.7 Å². The predicted octanol–water partition coefficient (Wildman–Crippen LogP) is 8.05. The van der Waals surface area contributed by atoms with E-state index in [0.29, 0.717) is 52.9 Å². The van der Waals surface area contributed by atoms with Crippen LogP contribution in [-0.2, 0) is 18.9 Å². The molecule has 0 unspecified atom stereocenters. The van der Waals surface area contributed by atoms with E-state index >= 15 is 0 Å². The summed E-state index contributed by atoms with van der Waals surface area (Å²) in [7, 11) is 0. The van der Waals surface area contributed by atoms with Crippen molar-refractivity contribution in [2.45, 2.75) is 53.4 Å². The van der Waals surface area contributed by atoms with E-state index in [9.17, 15) is 0 Å². The molecule has 6 rings (SSSR count). The summed E-state index contributed by atoms with van der Waals surface area (Å²) < 4.78 is 55.3. The molecule has 50 heavy (non-hydrogen) atoms. The van der Waals surface area contributed by atoms with E-state index in [1.807, 2.05) is 72.8 Å². The standard InChI is InChI=1S/C20H24O6.C11H14O2.C7H14O2.2CH4/c1-3-17-15-18(4-1)24-12-8-22-10-14-26-20-6-2-5-19(16-20)25-13-9-21-7-11-23-17;1-2-7-12-10-5-4-6-11(9-10)13-8-3-1;1-2-4-8-6-7-9-5-3-1;;/h1-6,15-16H,7-14H2;4-6,9H,1-3,7-8H2;1-7H2;2*1H4. The molecule has 0 saturated carbocycles. The molecule has 0 atom stereocenters. The minimum Gasteiger partial charge on any atom is -0.493 e. The third kappa shape index (κ3) is 19.5. The zero-order valence-corrected chi connectivity index (χ0v) is 28.2. The molecule has 6 bridgehead atoms. The highest BCUT2D eigenvalue weighted by Crippen LogP contribution is 2.22. The van der Waals surface area contributed by atoms with Gasteiger partial charge in [-0.05, 0) is 74.9 Å². The van der Waals surface area contributed by atoms with Crippen LogP contribution >= 0.6 is 0 Å². The lowest BCUT2D eigenvalue weighted by molar-refractivity contribution is 0.0584. The lowest BCUT2D eigenvalue weighted by atomic mass is 10.2. The second-order valence-electron chi connectivity index (χ2n) is 11.1. The molecule has 3 aromatic rings. The molecular formula is C40H60O10. The molecule has 0 aromatic heterocycles. The Balaban J connectivity index is 0.000000300. The smallest absolute Gasteiger partial charge is 0.123 e. The number of ether oxygens (including phenoxy) is 10. The first-order valence-electron chi connectivity index (χ1n) is 17.2. The lowest BCUT2D eigenvalue weighted by Gasteiger charge is -2.12. The van der Waals surface area contributed by atoms with Gasteiger partial charge in [0.15, 0.2) is 0 Å². The van der Waals surface area contributed by atoms with Crippen LogP contribution in [0.3, 0.4) is 0 Å². The van der Waals surface area contributed by atoms with Gasteiger partial charge in [0.1, 0.15) is 60.9 Å². The van der Waals surface area contributed by atoms with Gasteiger partial charge < -0.3 is 47.4 Å². The van der Waals surface area contributed by atoms with Crippen molar-refractivity contribution < 1.29 is 47.4 Å². The average molecular weight is 701 g/mol. The highest BCUT2D eigenvalue weighted by atomic mass is 16.6. The number of rotatable bonds is 0. The van der Waals surface area contributed by atoms with Gasteiger partial charge in [-0.25, -0.2) is 0 Å². The normalized spacial score (nSPS) is 17.5. The van der Waals surface area contributed by atoms with Crippen molar-refractivity contribution in [1.82, 2.24) is 0 Å². The van der Waals surface area contributed by atoms with Gasteiger partial charge in [-0.1, -0.05) is 33.1 Å². The summed E-state index contributed by atoms with van der Waals surface area (Å²) in [5.41, 5.74) is 0. The van der Waals surface area contributed by atoms with Crippen molar-refractivity contribution in [3.05, 3.63) is 72.8 Å². The van der Waals surface area contributed by atoms with E-state index < -0.39 is 0 Å². The predicted molar refractivity (Wildman–Crippen MR) is 197 cm³/mol. The number of hydrogen-bond donors (Lipinski definition) is 0. The molecule has 10 nitrogen and oxygen atoms in total. The van der Waals surface area contributed by atoms with E-state index in [4.69, 9.17) is 47.4 Å². The van der Waals surface area contributed by atoms with E-state index in [2.05, 4.69) is 0 Å². The minimum atomic E-state index is 0. The Morgan fingerprint density at radius 3 is 0.820 bits per heavy atom. The van der Waals surface area contributed by atoms with Crippen LogP contribution in [-0.4, -0.2) is 92.5 Å². The van der Waals surface area contributed by atoms with Crippen molar-refractivity contribution >= 4 is 0 Å². The van der Waals surface area contributed by atoms with Crippen LogP contribution in [0.1, 0.15) is 53.4 Å². The fourth-order valence-electron chi connectivity index (χ4n) is 4.71. The molecule has 0 spiro atoms. The maximum Gasteiger partial charge on any atom is 0.123 e. The Morgan fingerprint density at radius 1 is 0.260 bits per heavy atom. The molecule has 3 heterocycles. The Bertz CT molecular complexity index is 1080. The first-order valence-corrected chi connectivity index (χ1v) is 17.2. The Hall–Kier alpha value is -3.70. The summed E-state index contributed by atoms with van der Waals surface area (Å²) in [5.74, 6) is 4.84. The molecule has 3 aromatic carbocycles. The molecular weight excluding hydrogens is 640 g/mol. The highest BCUT2D eigenvalue weighted by molar-refractivity contribution is 5.34. The maximum absolute atomic E-state index is 5.67. The Kier molecular flexibility index (Phi) is 23.8. The Morgan fingerprint density at radius 2 is 0.500 bits per heavy atom. The van der Waals surface area contributed by atoms with Crippen LogP contribution in [0.4, 0.5) is 0 Å². The Labute approximate surface area is 300 Å². The van der Waals surface area contributed by atoms with E-state index in [-0.39, 0.29) is 14.9 Å². The molecule has 280 valence electrons. The van der Waals surface area contributed by atoms with Gasteiger partial charge in [0.05, 0.1) is 52.9 Å². The third-order valence-corrected chi connectivity index (χ3v) is 7.18. The molecule has 0 radical (unpaired) electrons. The fraction of sp³-hybridized carbons (Fsp3) is 0.550. The largest absolute Gasteiger partial charge is 0.493 e. The minimum absolute atomic E-state index is 0. The quantitative estimate of drug-likeness (QED) is 0.229. The van der Waals surface area contributed by atoms with Crippen LogP contribution in [0.15, 0.2) is 72.8 Å². The third-order valence-electron chi connectivity index (χ3n) is 7.18. The summed E-state index contributed by atoms with van der Waals surface area (Å²) in [6.45, 7) is 8.88. The van der Waals surface area contributed by atoms with Crippen molar-refractivity contribution in [2.75, 3.05) is 92.5 Å². The number of fused-ring (bicyclic) bond motifs is 6. The van der Waals surface area contributed by atoms with Crippen molar-refractivity contribution in [3.8, 4) is 34.5 Å². The second-order valence-corrected chi connectivity index (χ2v) is 11.1. The lowest BCUT2D eigenvalue weighted by Crippen LogP contribution is -2.13. The van der Waals surface area contributed by atoms with Crippen LogP contribution in [0.5, 0.6) is 34.5 Å². The summed E-state index contributed by atoms with van der Waals surface area (Å²) in [4.78, 5) is 0. The molecule has 0 aliphatic carbocycles. The van der Waals surface area contributed by atoms with Crippen molar-refractivity contribution in [3.63, 3.8) is 0 Å². The van der Waals surface area contributed by atoms with Crippen LogP contribution < -0.4 is 28.4 Å². The molecule has 0 N–H and O–H groups in total. The summed E-state index contributed by atoms with van der Waals surface area (Å²) in [5, 5.41) is 0. The van der Waals surface area contributed by atoms with Gasteiger partial charge in [-0.2, -0.15) is 0 Å². The van der Waals surface area contributed by atoms with Crippen LogP contribution in [0, 0.1) is 0 Å². The van der Waals surface area contributed by atoms with Gasteiger partial charge in [0, 0.05) is 31.4 Å². The van der Waals surface area contributed by atoms with Crippen LogP contribution in [0.2, 0.25) is 0 Å². The average Bonchev–Trinajstić information content (AvgIpc) is 3.28. The molecule has 3 aliphatic rings. The summed E-state index contributed by atoms with van der Waals surface area (Å²) in [6, 6.07) is 22.9. The van der Waals surface area contributed by atoms with Crippen molar-refractivity contribution in [1.29, 1.82) is 0 Å². The zero-order chi connectivity index (χ0) is 33.2. The molecule has 3 aliphatic heterocycles. The highest BCUT2D eigenvalue weighted by Gasteiger charge is 2.03. The molecule has 0 amide bonds. The second kappa shape index (κ2) is 28.0. The first-order chi connectivity index (χ1) is 23.8. The van der Waals surface area contributed by atoms with E-state index in [0.717, 1.165) is 87.0 Å². The SMILES string of the molecule is C.C.C1CCOCCOCC1.c1cc2cc(c1)OCCCCCO2.c1cc2cc(c1)OCCOCCOc1cccc(c1)OCCOCCO2. The van der Waals surface area contributed by atoms with E-state index in [1.54, 1.807) is 0 Å². The van der Waals surface area contributed by atoms with Gasteiger partial charge in [0.25, 0.3) is 0 Å². The number of benzene rings is 3. The van der Waals surface area contributed by atoms with Gasteiger partial charge in [0.2, 0.25) is 0 Å². The maximum atomic E-state index is 5.67. The van der Waals surface area contributed by atoms with Gasteiger partial charge >= 0.3 is 0 Å². The van der Waals surface area contributed by atoms with Crippen molar-refractivity contribution in [2.24, 2.45) is 0 Å². The van der Waals surface area contributed by atoms with Gasteiger partial charge in [-0.15, -0.1) is 0 Å². The fourth-order valence-corrected chi connectivity index (χ4v) is 4.71. The first kappa shape index (κ1) is 42.5. The molecule has 1 saturated heterocycles. The molecule has 1 fully saturated rings. The summed E-state index contributed by atoms with van der Waals surface area (Å²) >= 11 is 0. The monoisotopic (exact) mass is 700 g/mol. The topological polar surface area (TPSA) is 92.3 Å². The molecule has 10 heteroatoms. The zero-order valence-electron chi connectivity index (χ0n) is 28.2.